The number of thiophene rings is 1. The third kappa shape index (κ3) is 5.84. The standard InChI is InChI=1S/C18H10ClF2N3OS2.C6H14N2/c19-13-2-1-3-17(27-21)18(13)23-15-4-10-7-22-24(16(10)6-14(15)20)11-5-12(8-25)26-9-11;1-7-6-3-4-8(2)5-6/h1-9,23H;6-7H,3-5H2,1-2H3. The average Bonchev–Trinajstić information content (AvgIpc) is 3.60. The number of hydrogen-bond acceptors (Lipinski definition) is 7. The van der Waals surface area contributed by atoms with Crippen LogP contribution in [0, 0.1) is 5.82 Å². The van der Waals surface area contributed by atoms with Crippen molar-refractivity contribution in [2.24, 2.45) is 0 Å². The number of anilines is 2. The van der Waals surface area contributed by atoms with Crippen LogP contribution in [0.3, 0.4) is 0 Å². The van der Waals surface area contributed by atoms with Crippen LogP contribution in [-0.2, 0) is 0 Å². The van der Waals surface area contributed by atoms with Gasteiger partial charge in [0.05, 0.1) is 55.7 Å². The second-order valence-corrected chi connectivity index (χ2v) is 10.1. The van der Waals surface area contributed by atoms with Crippen LogP contribution in [0.2, 0.25) is 5.02 Å². The summed E-state index contributed by atoms with van der Waals surface area (Å²) in [5, 5.41) is 13.1. The molecule has 4 aromatic rings. The fourth-order valence-electron chi connectivity index (χ4n) is 3.86. The van der Waals surface area contributed by atoms with E-state index < -0.39 is 5.82 Å². The van der Waals surface area contributed by atoms with E-state index >= 15 is 0 Å². The summed E-state index contributed by atoms with van der Waals surface area (Å²) in [6.07, 6.45) is 3.66. The topological polar surface area (TPSA) is 62.2 Å². The summed E-state index contributed by atoms with van der Waals surface area (Å²) in [6, 6.07) is 10.1. The smallest absolute Gasteiger partial charge is 0.160 e. The highest BCUT2D eigenvalue weighted by molar-refractivity contribution is 7.94. The van der Waals surface area contributed by atoms with Crippen molar-refractivity contribution in [2.75, 3.05) is 32.5 Å². The number of benzene rings is 2. The number of nitrogens with one attached hydrogen (secondary N) is 2. The van der Waals surface area contributed by atoms with Gasteiger partial charge in [0.2, 0.25) is 0 Å². The Balaban J connectivity index is 0.000000308. The van der Waals surface area contributed by atoms with Crippen LogP contribution < -0.4 is 10.6 Å². The van der Waals surface area contributed by atoms with E-state index in [4.69, 9.17) is 11.6 Å². The molecule has 0 saturated carbocycles. The Morgan fingerprint density at radius 3 is 2.77 bits per heavy atom. The summed E-state index contributed by atoms with van der Waals surface area (Å²) in [4.78, 5) is 14.0. The van der Waals surface area contributed by atoms with E-state index in [1.807, 2.05) is 7.05 Å². The summed E-state index contributed by atoms with van der Waals surface area (Å²) in [6.45, 7) is 2.47. The second kappa shape index (κ2) is 11.5. The van der Waals surface area contributed by atoms with Gasteiger partial charge in [0.15, 0.2) is 6.29 Å². The van der Waals surface area contributed by atoms with E-state index in [1.54, 1.807) is 46.6 Å². The zero-order valence-electron chi connectivity index (χ0n) is 19.1. The SMILES string of the molecule is CNC1CCN(C)C1.O=Cc1cc(-n2ncc3cc(Nc4c(Cl)cccc4SF)c(F)cc32)cs1. The van der Waals surface area contributed by atoms with Crippen LogP contribution in [0.15, 0.2) is 52.9 Å². The van der Waals surface area contributed by atoms with Crippen LogP contribution in [0.4, 0.5) is 19.7 Å². The third-order valence-corrected chi connectivity index (χ3v) is 7.41. The number of rotatable bonds is 6. The lowest BCUT2D eigenvalue weighted by Gasteiger charge is -2.12. The van der Waals surface area contributed by atoms with Gasteiger partial charge in [-0.15, -0.1) is 11.3 Å². The Kier molecular flexibility index (Phi) is 8.40. The number of aromatic nitrogens is 2. The maximum absolute atomic E-state index is 14.7. The number of carbonyl (C=O) groups excluding carboxylic acids is 1. The molecule has 2 aromatic carbocycles. The molecule has 1 saturated heterocycles. The number of likely N-dealkylation sites (tertiary alicyclic amines) is 1. The minimum absolute atomic E-state index is 0.0310. The third-order valence-electron chi connectivity index (χ3n) is 5.74. The first kappa shape index (κ1) is 25.6. The molecule has 184 valence electrons. The quantitative estimate of drug-likeness (QED) is 0.282. The van der Waals surface area contributed by atoms with E-state index in [1.165, 1.54) is 36.9 Å². The molecule has 5 rings (SSSR count). The molecule has 1 atom stereocenters. The van der Waals surface area contributed by atoms with Crippen LogP contribution in [0.5, 0.6) is 0 Å². The molecular formula is C24H24ClF2N5OS2. The molecule has 11 heteroatoms. The van der Waals surface area contributed by atoms with Crippen LogP contribution >= 0.6 is 35.1 Å². The summed E-state index contributed by atoms with van der Waals surface area (Å²) in [7, 11) is 4.20. The number of para-hydroxylation sites is 1. The average molecular weight is 536 g/mol. The number of carbonyl (C=O) groups is 1. The normalized spacial score (nSPS) is 15.7. The van der Waals surface area contributed by atoms with Gasteiger partial charge in [-0.2, -0.15) is 8.98 Å². The van der Waals surface area contributed by atoms with Crippen molar-refractivity contribution in [3.05, 3.63) is 63.7 Å². The van der Waals surface area contributed by atoms with E-state index in [0.717, 1.165) is 12.3 Å². The lowest BCUT2D eigenvalue weighted by atomic mass is 10.2. The van der Waals surface area contributed by atoms with Gasteiger partial charge in [-0.3, -0.25) is 4.79 Å². The van der Waals surface area contributed by atoms with E-state index in [2.05, 4.69) is 27.7 Å². The van der Waals surface area contributed by atoms with Crippen molar-refractivity contribution in [3.63, 3.8) is 0 Å². The van der Waals surface area contributed by atoms with Gasteiger partial charge in [-0.05, 0) is 51.3 Å². The zero-order valence-corrected chi connectivity index (χ0v) is 21.5. The Hall–Kier alpha value is -2.50. The van der Waals surface area contributed by atoms with Gasteiger partial charge < -0.3 is 15.5 Å². The predicted molar refractivity (Wildman–Crippen MR) is 141 cm³/mol. The summed E-state index contributed by atoms with van der Waals surface area (Å²) >= 11 is 7.43. The highest BCUT2D eigenvalue weighted by Crippen LogP contribution is 2.37. The number of halogens is 3. The molecular weight excluding hydrogens is 512 g/mol. The maximum Gasteiger partial charge on any atom is 0.160 e. The van der Waals surface area contributed by atoms with Gasteiger partial charge in [-0.1, -0.05) is 17.7 Å². The minimum Gasteiger partial charge on any atom is -0.351 e. The molecule has 0 amide bonds. The Morgan fingerprint density at radius 1 is 1.31 bits per heavy atom. The molecule has 0 spiro atoms. The largest absolute Gasteiger partial charge is 0.351 e. The van der Waals surface area contributed by atoms with Crippen molar-refractivity contribution in [3.8, 4) is 5.69 Å². The molecule has 1 aliphatic rings. The van der Waals surface area contributed by atoms with Crippen LogP contribution in [0.25, 0.3) is 16.6 Å². The van der Waals surface area contributed by atoms with Crippen LogP contribution in [0.1, 0.15) is 16.1 Å². The van der Waals surface area contributed by atoms with Crippen LogP contribution in [-0.4, -0.2) is 54.2 Å². The fourth-order valence-corrected chi connectivity index (χ4v) is 5.18. The van der Waals surface area contributed by atoms with Gasteiger partial charge in [0, 0.05) is 29.4 Å². The molecule has 1 unspecified atom stereocenters. The minimum atomic E-state index is -0.537. The molecule has 1 aliphatic heterocycles. The maximum atomic E-state index is 14.7. The lowest BCUT2D eigenvalue weighted by molar-refractivity contribution is 0.112. The van der Waals surface area contributed by atoms with Gasteiger partial charge in [0.25, 0.3) is 0 Å². The number of hydrogen-bond donors (Lipinski definition) is 2. The van der Waals surface area contributed by atoms with Gasteiger partial charge in [0.1, 0.15) is 5.82 Å². The Labute approximate surface area is 215 Å². The molecule has 0 aliphatic carbocycles. The molecule has 3 heterocycles. The van der Waals surface area contributed by atoms with Crippen molar-refractivity contribution < 1.29 is 13.1 Å². The molecule has 1 fully saturated rings. The van der Waals surface area contributed by atoms with Crippen molar-refractivity contribution in [1.29, 1.82) is 0 Å². The summed E-state index contributed by atoms with van der Waals surface area (Å²) in [5.41, 5.74) is 1.68. The Bertz CT molecular complexity index is 1330. The number of likely N-dealkylation sites (N-methyl/N-ethyl adjacent to an activating group) is 2. The first-order chi connectivity index (χ1) is 16.9. The van der Waals surface area contributed by atoms with Crippen molar-refractivity contribution in [2.45, 2.75) is 17.4 Å². The van der Waals surface area contributed by atoms with Gasteiger partial charge in [-0.25, -0.2) is 9.07 Å². The van der Waals surface area contributed by atoms with Crippen molar-refractivity contribution >= 4 is 63.6 Å². The molecule has 35 heavy (non-hydrogen) atoms. The highest BCUT2D eigenvalue weighted by Gasteiger charge is 2.16. The molecule has 6 nitrogen and oxygen atoms in total. The van der Waals surface area contributed by atoms with E-state index in [0.29, 0.717) is 27.2 Å². The molecule has 2 N–H and O–H groups in total. The summed E-state index contributed by atoms with van der Waals surface area (Å²) < 4.78 is 29.4. The molecule has 0 radical (unpaired) electrons. The van der Waals surface area contributed by atoms with E-state index in [9.17, 15) is 13.1 Å². The predicted octanol–water partition coefficient (Wildman–Crippen LogP) is 6.32. The number of nitrogens with zero attached hydrogens (tertiary/aromatic N) is 3. The molecule has 0 bridgehead atoms. The van der Waals surface area contributed by atoms with Gasteiger partial charge >= 0.3 is 0 Å². The van der Waals surface area contributed by atoms with E-state index in [-0.39, 0.29) is 27.8 Å². The number of aldehydes is 1. The number of fused-ring (bicyclic) bond motifs is 1. The monoisotopic (exact) mass is 535 g/mol. The van der Waals surface area contributed by atoms with Crippen molar-refractivity contribution in [1.82, 2.24) is 20.0 Å². The fraction of sp³-hybridized carbons (Fsp3) is 0.250. The summed E-state index contributed by atoms with van der Waals surface area (Å²) in [5.74, 6) is -0.537. The Morgan fingerprint density at radius 2 is 2.14 bits per heavy atom. The first-order valence-corrected chi connectivity index (χ1v) is 12.8. The lowest BCUT2D eigenvalue weighted by Crippen LogP contribution is -2.27. The first-order valence-electron chi connectivity index (χ1n) is 10.8. The second-order valence-electron chi connectivity index (χ2n) is 8.12. The molecule has 2 aromatic heterocycles. The zero-order chi connectivity index (χ0) is 24.9. The highest BCUT2D eigenvalue weighted by atomic mass is 35.5.